The summed E-state index contributed by atoms with van der Waals surface area (Å²) in [5.74, 6) is 0. The molecular weight excluding hydrogens is 124 g/mol. The Kier molecular flexibility index (Phi) is 2.55. The fourth-order valence-corrected chi connectivity index (χ4v) is 0.296. The van der Waals surface area contributed by atoms with E-state index in [-0.39, 0.29) is 0 Å². The number of hydrogen-bond donors (Lipinski definition) is 2. The van der Waals surface area contributed by atoms with Crippen molar-refractivity contribution < 1.29 is 0 Å². The van der Waals surface area contributed by atoms with Crippen LogP contribution in [0.15, 0.2) is 10.7 Å². The van der Waals surface area contributed by atoms with Gasteiger partial charge in [-0.15, -0.1) is 0 Å². The van der Waals surface area contributed by atoms with Gasteiger partial charge in [0, 0.05) is 11.4 Å². The van der Waals surface area contributed by atoms with Crippen LogP contribution in [-0.4, -0.2) is 5.71 Å². The molecule has 0 saturated heterocycles. The minimum Gasteiger partial charge on any atom is -0.401 e. The summed E-state index contributed by atoms with van der Waals surface area (Å²) in [7, 11) is 0. The minimum atomic E-state index is 0.312. The van der Waals surface area contributed by atoms with Gasteiger partial charge in [-0.2, -0.15) is 0 Å². The first kappa shape index (κ1) is 7.50. The smallest absolute Gasteiger partial charge is 0.0794 e. The van der Waals surface area contributed by atoms with Gasteiger partial charge in [-0.25, -0.2) is 0 Å². The molecule has 3 N–H and O–H groups in total. The molecule has 0 heterocycles. The van der Waals surface area contributed by atoms with Crippen molar-refractivity contribution in [3.63, 3.8) is 0 Å². The highest BCUT2D eigenvalue weighted by Gasteiger charge is 1.95. The van der Waals surface area contributed by atoms with E-state index in [1.807, 2.05) is 0 Å². The van der Waals surface area contributed by atoms with Crippen molar-refractivity contribution in [2.24, 2.45) is 5.73 Å². The van der Waals surface area contributed by atoms with E-state index in [4.69, 9.17) is 22.7 Å². The highest BCUT2D eigenvalue weighted by molar-refractivity contribution is 6.42. The van der Waals surface area contributed by atoms with Crippen molar-refractivity contribution in [1.82, 2.24) is 0 Å². The number of nitrogens with one attached hydrogen (secondary N) is 1. The SMILES string of the molecule is CC(=N)/C(Cl)=C(/C)N. The largest absolute Gasteiger partial charge is 0.401 e. The van der Waals surface area contributed by atoms with Crippen molar-refractivity contribution in [3.05, 3.63) is 10.7 Å². The predicted octanol–water partition coefficient (Wildman–Crippen LogP) is 1.46. The maximum atomic E-state index is 6.96. The zero-order valence-electron chi connectivity index (χ0n) is 4.96. The molecule has 8 heavy (non-hydrogen) atoms. The molecule has 0 aromatic rings. The molecule has 0 rings (SSSR count). The van der Waals surface area contributed by atoms with E-state index in [0.29, 0.717) is 16.4 Å². The molecule has 2 nitrogen and oxygen atoms in total. The fraction of sp³-hybridized carbons (Fsp3) is 0.400. The lowest BCUT2D eigenvalue weighted by atomic mass is 10.3. The van der Waals surface area contributed by atoms with E-state index < -0.39 is 0 Å². The number of hydrogen-bond acceptors (Lipinski definition) is 2. The molecule has 0 saturated carbocycles. The molecule has 0 unspecified atom stereocenters. The van der Waals surface area contributed by atoms with Crippen molar-refractivity contribution in [1.29, 1.82) is 5.41 Å². The molecule has 0 aliphatic carbocycles. The highest BCUT2D eigenvalue weighted by atomic mass is 35.5. The third-order valence-electron chi connectivity index (χ3n) is 0.675. The van der Waals surface area contributed by atoms with Crippen molar-refractivity contribution >= 4 is 17.3 Å². The molecule has 3 heteroatoms. The van der Waals surface area contributed by atoms with Crippen molar-refractivity contribution in [2.45, 2.75) is 13.8 Å². The lowest BCUT2D eigenvalue weighted by Gasteiger charge is -1.94. The Labute approximate surface area is 53.8 Å². The summed E-state index contributed by atoms with van der Waals surface area (Å²) in [5.41, 5.74) is 6.05. The van der Waals surface area contributed by atoms with Crippen LogP contribution in [0.3, 0.4) is 0 Å². The van der Waals surface area contributed by atoms with Gasteiger partial charge in [0.2, 0.25) is 0 Å². The quantitative estimate of drug-likeness (QED) is 0.522. The molecule has 0 aliphatic heterocycles. The van der Waals surface area contributed by atoms with Crippen LogP contribution in [0.5, 0.6) is 0 Å². The molecule has 0 spiro atoms. The third-order valence-corrected chi connectivity index (χ3v) is 1.26. The molecule has 0 radical (unpaired) electrons. The molecule has 0 atom stereocenters. The second kappa shape index (κ2) is 2.72. The maximum absolute atomic E-state index is 6.96. The molecule has 0 aromatic heterocycles. The van der Waals surface area contributed by atoms with E-state index in [1.54, 1.807) is 13.8 Å². The van der Waals surface area contributed by atoms with Gasteiger partial charge in [-0.05, 0) is 13.8 Å². The van der Waals surface area contributed by atoms with Gasteiger partial charge in [0.15, 0.2) is 0 Å². The summed E-state index contributed by atoms with van der Waals surface area (Å²) in [4.78, 5) is 0. The Balaban J connectivity index is 4.23. The second-order valence-electron chi connectivity index (χ2n) is 1.62. The summed E-state index contributed by atoms with van der Waals surface area (Å²) >= 11 is 5.48. The van der Waals surface area contributed by atoms with Crippen LogP contribution < -0.4 is 5.73 Å². The van der Waals surface area contributed by atoms with Crippen LogP contribution in [0.25, 0.3) is 0 Å². The van der Waals surface area contributed by atoms with E-state index in [9.17, 15) is 0 Å². The normalized spacial score (nSPS) is 12.9. The van der Waals surface area contributed by atoms with Gasteiger partial charge in [-0.3, -0.25) is 0 Å². The summed E-state index contributed by atoms with van der Waals surface area (Å²) < 4.78 is 0. The average Bonchev–Trinajstić information content (AvgIpc) is 1.64. The third kappa shape index (κ3) is 1.98. The minimum absolute atomic E-state index is 0.312. The summed E-state index contributed by atoms with van der Waals surface area (Å²) in [6.45, 7) is 3.26. The zero-order chi connectivity index (χ0) is 6.73. The summed E-state index contributed by atoms with van der Waals surface area (Å²) in [5, 5.41) is 7.31. The van der Waals surface area contributed by atoms with Crippen LogP contribution in [0.2, 0.25) is 0 Å². The van der Waals surface area contributed by atoms with Crippen LogP contribution in [0.4, 0.5) is 0 Å². The standard InChI is InChI=1S/C5H9ClN2/c1-3(7)5(6)4(2)8/h7H,8H2,1-2H3/b5-4+,7-3?. The van der Waals surface area contributed by atoms with Crippen LogP contribution in [-0.2, 0) is 0 Å². The number of rotatable bonds is 1. The van der Waals surface area contributed by atoms with Gasteiger partial charge >= 0.3 is 0 Å². The molecule has 46 valence electrons. The van der Waals surface area contributed by atoms with Crippen LogP contribution in [0, 0.1) is 5.41 Å². The van der Waals surface area contributed by atoms with Gasteiger partial charge in [0.25, 0.3) is 0 Å². The van der Waals surface area contributed by atoms with Crippen LogP contribution in [0.1, 0.15) is 13.8 Å². The van der Waals surface area contributed by atoms with Crippen molar-refractivity contribution in [3.8, 4) is 0 Å². The summed E-state index contributed by atoms with van der Waals surface area (Å²) in [6.07, 6.45) is 0. The average molecular weight is 133 g/mol. The Morgan fingerprint density at radius 3 is 1.88 bits per heavy atom. The summed E-state index contributed by atoms with van der Waals surface area (Å²) in [6, 6.07) is 0. The van der Waals surface area contributed by atoms with Gasteiger partial charge in [0.05, 0.1) is 5.03 Å². The monoisotopic (exact) mass is 132 g/mol. The molecule has 0 bridgehead atoms. The van der Waals surface area contributed by atoms with E-state index >= 15 is 0 Å². The Morgan fingerprint density at radius 1 is 1.50 bits per heavy atom. The lowest BCUT2D eigenvalue weighted by molar-refractivity contribution is 1.30. The Bertz CT molecular complexity index is 133. The topological polar surface area (TPSA) is 49.9 Å². The highest BCUT2D eigenvalue weighted by Crippen LogP contribution is 2.04. The molecule has 0 fully saturated rings. The van der Waals surface area contributed by atoms with E-state index in [2.05, 4.69) is 0 Å². The molecular formula is C5H9ClN2. The lowest BCUT2D eigenvalue weighted by Crippen LogP contribution is -1.99. The maximum Gasteiger partial charge on any atom is 0.0794 e. The number of allylic oxidation sites excluding steroid dienone is 2. The van der Waals surface area contributed by atoms with E-state index in [1.165, 1.54) is 0 Å². The Morgan fingerprint density at radius 2 is 1.88 bits per heavy atom. The fourth-order valence-electron chi connectivity index (χ4n) is 0.296. The first-order chi connectivity index (χ1) is 3.55. The zero-order valence-corrected chi connectivity index (χ0v) is 5.71. The molecule has 0 aliphatic rings. The number of halogens is 1. The van der Waals surface area contributed by atoms with Gasteiger partial charge < -0.3 is 11.1 Å². The first-order valence-corrected chi connectivity index (χ1v) is 2.61. The first-order valence-electron chi connectivity index (χ1n) is 2.23. The van der Waals surface area contributed by atoms with E-state index in [0.717, 1.165) is 0 Å². The second-order valence-corrected chi connectivity index (χ2v) is 2.00. The van der Waals surface area contributed by atoms with Crippen LogP contribution >= 0.6 is 11.6 Å². The van der Waals surface area contributed by atoms with Gasteiger partial charge in [-0.1, -0.05) is 11.6 Å². The number of nitrogens with two attached hydrogens (primary N) is 1. The Hall–Kier alpha value is -0.500. The molecule has 0 aromatic carbocycles. The predicted molar refractivity (Wildman–Crippen MR) is 36.1 cm³/mol. The van der Waals surface area contributed by atoms with Gasteiger partial charge in [0.1, 0.15) is 0 Å². The molecule has 0 amide bonds. The van der Waals surface area contributed by atoms with Crippen molar-refractivity contribution in [2.75, 3.05) is 0 Å².